The van der Waals surface area contributed by atoms with Gasteiger partial charge in [-0.25, -0.2) is 18.4 Å². The highest BCUT2D eigenvalue weighted by molar-refractivity contribution is 7.89. The highest BCUT2D eigenvalue weighted by Crippen LogP contribution is 2.23. The molecule has 27 heavy (non-hydrogen) atoms. The molecule has 0 aliphatic rings. The molecule has 0 aromatic heterocycles. The topological polar surface area (TPSA) is 149 Å². The fourth-order valence-corrected chi connectivity index (χ4v) is 2.50. The Morgan fingerprint density at radius 1 is 1.30 bits per heavy atom. The standard InChI is InChI=1S/C17H23N3O6S/c1-10(2)17(4,9-18)20-15(21)11(3)26-16(22)13-8-12(27(19,23)24)6-7-14(13)25-5/h6-8,10-11H,1-5H3,(H,20,21)(H2,19,23,24)/t11-,17+/m0/s1. The Hall–Kier alpha value is -2.64. The van der Waals surface area contributed by atoms with Gasteiger partial charge in [0.05, 0.1) is 18.1 Å². The van der Waals surface area contributed by atoms with Crippen LogP contribution in [-0.4, -0.2) is 39.0 Å². The first-order valence-electron chi connectivity index (χ1n) is 8.00. The second-order valence-corrected chi connectivity index (χ2v) is 7.97. The van der Waals surface area contributed by atoms with E-state index in [9.17, 15) is 23.3 Å². The number of methoxy groups -OCH3 is 1. The number of ether oxygens (including phenoxy) is 2. The molecule has 1 amide bonds. The highest BCUT2D eigenvalue weighted by Gasteiger charge is 2.33. The smallest absolute Gasteiger partial charge is 0.342 e. The van der Waals surface area contributed by atoms with Crippen LogP contribution in [0.15, 0.2) is 23.1 Å². The predicted octanol–water partition coefficient (Wildman–Crippen LogP) is 0.942. The lowest BCUT2D eigenvalue weighted by Crippen LogP contribution is -2.52. The van der Waals surface area contributed by atoms with Crippen LogP contribution < -0.4 is 15.2 Å². The van der Waals surface area contributed by atoms with Gasteiger partial charge in [0, 0.05) is 0 Å². The first kappa shape index (κ1) is 22.4. The third kappa shape index (κ3) is 5.42. The van der Waals surface area contributed by atoms with Crippen molar-refractivity contribution in [1.82, 2.24) is 5.32 Å². The number of nitriles is 1. The van der Waals surface area contributed by atoms with E-state index >= 15 is 0 Å². The van der Waals surface area contributed by atoms with Crippen molar-refractivity contribution in [2.45, 2.75) is 44.2 Å². The number of hydrogen-bond acceptors (Lipinski definition) is 7. The van der Waals surface area contributed by atoms with Crippen molar-refractivity contribution < 1.29 is 27.5 Å². The van der Waals surface area contributed by atoms with Crippen LogP contribution in [0, 0.1) is 17.2 Å². The second-order valence-electron chi connectivity index (χ2n) is 6.41. The summed E-state index contributed by atoms with van der Waals surface area (Å²) in [5.41, 5.74) is -1.33. The lowest BCUT2D eigenvalue weighted by atomic mass is 9.90. The average Bonchev–Trinajstić information content (AvgIpc) is 2.59. The number of sulfonamides is 1. The summed E-state index contributed by atoms with van der Waals surface area (Å²) in [6.07, 6.45) is -1.23. The van der Waals surface area contributed by atoms with E-state index in [1.807, 2.05) is 6.07 Å². The normalized spacial score (nSPS) is 14.6. The van der Waals surface area contributed by atoms with Gasteiger partial charge in [0.15, 0.2) is 6.10 Å². The van der Waals surface area contributed by atoms with Gasteiger partial charge >= 0.3 is 5.97 Å². The second kappa shape index (κ2) is 8.37. The third-order valence-corrected chi connectivity index (χ3v) is 5.05. The van der Waals surface area contributed by atoms with Gasteiger partial charge in [0.25, 0.3) is 5.91 Å². The molecule has 0 aliphatic carbocycles. The highest BCUT2D eigenvalue weighted by atomic mass is 32.2. The predicted molar refractivity (Wildman–Crippen MR) is 96.2 cm³/mol. The molecule has 10 heteroatoms. The number of carbonyl (C=O) groups excluding carboxylic acids is 2. The number of nitrogens with two attached hydrogens (primary N) is 1. The van der Waals surface area contributed by atoms with Crippen molar-refractivity contribution in [2.75, 3.05) is 7.11 Å². The molecule has 148 valence electrons. The minimum absolute atomic E-state index is 0.0593. The van der Waals surface area contributed by atoms with E-state index < -0.39 is 33.5 Å². The van der Waals surface area contributed by atoms with Gasteiger partial charge in [0.2, 0.25) is 10.0 Å². The van der Waals surface area contributed by atoms with Crippen LogP contribution >= 0.6 is 0 Å². The van der Waals surface area contributed by atoms with Gasteiger partial charge in [-0.1, -0.05) is 13.8 Å². The van der Waals surface area contributed by atoms with Crippen molar-refractivity contribution >= 4 is 21.9 Å². The van der Waals surface area contributed by atoms with Crippen LogP contribution in [0.5, 0.6) is 5.75 Å². The Kier molecular flexibility index (Phi) is 6.94. The number of benzene rings is 1. The van der Waals surface area contributed by atoms with Gasteiger partial charge in [-0.15, -0.1) is 0 Å². The molecule has 0 radical (unpaired) electrons. The maximum Gasteiger partial charge on any atom is 0.342 e. The molecule has 1 rings (SSSR count). The lowest BCUT2D eigenvalue weighted by molar-refractivity contribution is -0.130. The van der Waals surface area contributed by atoms with E-state index in [-0.39, 0.29) is 22.1 Å². The minimum Gasteiger partial charge on any atom is -0.496 e. The van der Waals surface area contributed by atoms with E-state index in [2.05, 4.69) is 5.32 Å². The fourth-order valence-electron chi connectivity index (χ4n) is 1.96. The van der Waals surface area contributed by atoms with Crippen LogP contribution in [0.4, 0.5) is 0 Å². The lowest BCUT2D eigenvalue weighted by Gasteiger charge is -2.28. The molecule has 0 aliphatic heterocycles. The van der Waals surface area contributed by atoms with Crippen molar-refractivity contribution in [3.05, 3.63) is 23.8 Å². The zero-order valence-corrected chi connectivity index (χ0v) is 16.6. The number of nitrogens with zero attached hydrogens (tertiary/aromatic N) is 1. The number of hydrogen-bond donors (Lipinski definition) is 2. The summed E-state index contributed by atoms with van der Waals surface area (Å²) in [5, 5.41) is 16.9. The number of rotatable bonds is 7. The Labute approximate surface area is 158 Å². The Balaban J connectivity index is 3.05. The van der Waals surface area contributed by atoms with E-state index in [1.165, 1.54) is 26.2 Å². The number of amides is 1. The summed E-state index contributed by atoms with van der Waals surface area (Å²) < 4.78 is 33.1. The quantitative estimate of drug-likeness (QED) is 0.650. The van der Waals surface area contributed by atoms with Crippen molar-refractivity contribution in [3.8, 4) is 11.8 Å². The molecule has 0 heterocycles. The van der Waals surface area contributed by atoms with Crippen molar-refractivity contribution in [1.29, 1.82) is 5.26 Å². The first-order valence-corrected chi connectivity index (χ1v) is 9.55. The maximum atomic E-state index is 12.4. The first-order chi connectivity index (χ1) is 12.4. The summed E-state index contributed by atoms with van der Waals surface area (Å²) in [4.78, 5) is 24.4. The van der Waals surface area contributed by atoms with Crippen LogP contribution in [0.25, 0.3) is 0 Å². The van der Waals surface area contributed by atoms with Crippen LogP contribution in [0.3, 0.4) is 0 Å². The molecule has 3 N–H and O–H groups in total. The zero-order chi connectivity index (χ0) is 21.0. The average molecular weight is 397 g/mol. The van der Waals surface area contributed by atoms with Gasteiger partial charge in [0.1, 0.15) is 16.9 Å². The van der Waals surface area contributed by atoms with Crippen molar-refractivity contribution in [3.63, 3.8) is 0 Å². The summed E-state index contributed by atoms with van der Waals surface area (Å²) in [6.45, 7) is 6.43. The van der Waals surface area contributed by atoms with Gasteiger partial charge < -0.3 is 14.8 Å². The van der Waals surface area contributed by atoms with Gasteiger partial charge in [-0.2, -0.15) is 5.26 Å². The summed E-state index contributed by atoms with van der Waals surface area (Å²) in [7, 11) is -2.75. The monoisotopic (exact) mass is 397 g/mol. The number of nitrogens with one attached hydrogen (secondary N) is 1. The molecule has 0 fully saturated rings. The molecule has 0 saturated carbocycles. The zero-order valence-electron chi connectivity index (χ0n) is 15.8. The van der Waals surface area contributed by atoms with E-state index in [4.69, 9.17) is 14.6 Å². The molecule has 9 nitrogen and oxygen atoms in total. The number of primary sulfonamides is 1. The number of esters is 1. The minimum atomic E-state index is -4.04. The fraction of sp³-hybridized carbons (Fsp3) is 0.471. The molecule has 0 unspecified atom stereocenters. The molecular formula is C17H23N3O6S. The van der Waals surface area contributed by atoms with Gasteiger partial charge in [-0.3, -0.25) is 4.79 Å². The molecular weight excluding hydrogens is 374 g/mol. The summed E-state index contributed by atoms with van der Waals surface area (Å²) >= 11 is 0. The van der Waals surface area contributed by atoms with Crippen LogP contribution in [0.1, 0.15) is 38.1 Å². The summed E-state index contributed by atoms with van der Waals surface area (Å²) in [5.74, 6) is -1.75. The molecule has 0 bridgehead atoms. The SMILES string of the molecule is COc1ccc(S(N)(=O)=O)cc1C(=O)O[C@@H](C)C(=O)N[C@](C)(C#N)C(C)C. The van der Waals surface area contributed by atoms with E-state index in [0.717, 1.165) is 6.07 Å². The van der Waals surface area contributed by atoms with Gasteiger partial charge in [-0.05, 0) is 38.0 Å². The number of carbonyl (C=O) groups is 2. The largest absolute Gasteiger partial charge is 0.496 e. The molecule has 1 aromatic carbocycles. The summed E-state index contributed by atoms with van der Waals surface area (Å²) in [6, 6.07) is 5.47. The van der Waals surface area contributed by atoms with Crippen LogP contribution in [0.2, 0.25) is 0 Å². The van der Waals surface area contributed by atoms with Crippen molar-refractivity contribution in [2.24, 2.45) is 11.1 Å². The van der Waals surface area contributed by atoms with E-state index in [1.54, 1.807) is 20.8 Å². The Morgan fingerprint density at radius 3 is 2.33 bits per heavy atom. The molecule has 2 atom stereocenters. The molecule has 1 aromatic rings. The van der Waals surface area contributed by atoms with E-state index in [0.29, 0.717) is 0 Å². The Morgan fingerprint density at radius 2 is 1.89 bits per heavy atom. The third-order valence-electron chi connectivity index (χ3n) is 4.14. The Bertz CT molecular complexity index is 875. The molecule has 0 saturated heterocycles. The van der Waals surface area contributed by atoms with Crippen LogP contribution in [-0.2, 0) is 19.6 Å². The maximum absolute atomic E-state index is 12.4. The molecule has 0 spiro atoms.